The molecule has 0 unspecified atom stereocenters. The average Bonchev–Trinajstić information content (AvgIpc) is 2.84. The number of rotatable bonds is 5. The molecule has 20 heavy (non-hydrogen) atoms. The summed E-state index contributed by atoms with van der Waals surface area (Å²) < 4.78 is 1.06. The Labute approximate surface area is 130 Å². The first-order valence-corrected chi connectivity index (χ1v) is 8.18. The topological polar surface area (TPSA) is 69.6 Å². The highest BCUT2D eigenvalue weighted by Gasteiger charge is 2.26. The Kier molecular flexibility index (Phi) is 5.56. The predicted octanol–water partition coefficient (Wildman–Crippen LogP) is 1.92. The zero-order valence-electron chi connectivity index (χ0n) is 11.0. The second-order valence-corrected chi connectivity index (χ2v) is 6.64. The molecule has 1 fully saturated rings. The van der Waals surface area contributed by atoms with Crippen LogP contribution in [0, 0.1) is 5.92 Å². The summed E-state index contributed by atoms with van der Waals surface area (Å²) in [6.45, 7) is 2.04. The highest BCUT2D eigenvalue weighted by molar-refractivity contribution is 9.10. The van der Waals surface area contributed by atoms with E-state index in [1.54, 1.807) is 16.2 Å². The number of carbonyl (C=O) groups excluding carboxylic acids is 1. The van der Waals surface area contributed by atoms with Crippen LogP contribution >= 0.6 is 27.3 Å². The van der Waals surface area contributed by atoms with Gasteiger partial charge in [-0.05, 0) is 40.2 Å². The van der Waals surface area contributed by atoms with Crippen LogP contribution in [-0.4, -0.2) is 41.5 Å². The van der Waals surface area contributed by atoms with Gasteiger partial charge in [0, 0.05) is 29.0 Å². The maximum atomic E-state index is 12.0. The summed E-state index contributed by atoms with van der Waals surface area (Å²) in [5, 5.41) is 14.0. The zero-order valence-corrected chi connectivity index (χ0v) is 13.4. The third kappa shape index (κ3) is 4.04. The predicted molar refractivity (Wildman–Crippen MR) is 80.7 cm³/mol. The van der Waals surface area contributed by atoms with Crippen LogP contribution in [0.1, 0.15) is 17.7 Å². The quantitative estimate of drug-likeness (QED) is 0.841. The first-order valence-electron chi connectivity index (χ1n) is 6.51. The fourth-order valence-electron chi connectivity index (χ4n) is 2.22. The van der Waals surface area contributed by atoms with Crippen LogP contribution in [0.5, 0.6) is 0 Å². The number of carbonyl (C=O) groups is 2. The van der Waals surface area contributed by atoms with Crippen molar-refractivity contribution in [2.45, 2.75) is 19.4 Å². The van der Waals surface area contributed by atoms with Crippen molar-refractivity contribution in [1.29, 1.82) is 0 Å². The molecule has 1 aromatic heterocycles. The molecule has 5 nitrogen and oxygen atoms in total. The summed E-state index contributed by atoms with van der Waals surface area (Å²) in [7, 11) is 0. The first kappa shape index (κ1) is 15.5. The van der Waals surface area contributed by atoms with Gasteiger partial charge >= 0.3 is 5.97 Å². The number of piperidine rings is 1. The van der Waals surface area contributed by atoms with Crippen LogP contribution in [0.4, 0.5) is 0 Å². The molecular formula is C13H17BrN2O3S. The van der Waals surface area contributed by atoms with Gasteiger partial charge in [-0.25, -0.2) is 0 Å². The fraction of sp³-hybridized carbons (Fsp3) is 0.538. The lowest BCUT2D eigenvalue weighted by atomic mass is 9.97. The number of hydrogen-bond donors (Lipinski definition) is 2. The lowest BCUT2D eigenvalue weighted by molar-refractivity contribution is -0.145. The van der Waals surface area contributed by atoms with Gasteiger partial charge < -0.3 is 15.3 Å². The third-order valence-corrected chi connectivity index (χ3v) is 5.38. The molecule has 1 aromatic rings. The molecule has 2 rings (SSSR count). The van der Waals surface area contributed by atoms with Gasteiger partial charge in [0.15, 0.2) is 0 Å². The van der Waals surface area contributed by atoms with Crippen LogP contribution in [0.25, 0.3) is 0 Å². The van der Waals surface area contributed by atoms with Gasteiger partial charge in [-0.2, -0.15) is 0 Å². The second-order valence-electron chi connectivity index (χ2n) is 4.79. The van der Waals surface area contributed by atoms with Crippen molar-refractivity contribution in [2.24, 2.45) is 5.92 Å². The maximum Gasteiger partial charge on any atom is 0.306 e. The number of aliphatic carboxylic acids is 1. The minimum absolute atomic E-state index is 0.0431. The summed E-state index contributed by atoms with van der Waals surface area (Å²) in [6, 6.07) is 1.99. The van der Waals surface area contributed by atoms with Crippen LogP contribution < -0.4 is 5.32 Å². The summed E-state index contributed by atoms with van der Waals surface area (Å²) in [6.07, 6.45) is 1.11. The Morgan fingerprint density at radius 3 is 2.70 bits per heavy atom. The van der Waals surface area contributed by atoms with Crippen molar-refractivity contribution in [3.8, 4) is 0 Å². The first-order chi connectivity index (χ1) is 9.58. The van der Waals surface area contributed by atoms with E-state index in [1.807, 2.05) is 11.4 Å². The van der Waals surface area contributed by atoms with E-state index in [0.29, 0.717) is 39.0 Å². The third-order valence-electron chi connectivity index (χ3n) is 3.45. The molecule has 2 heterocycles. The van der Waals surface area contributed by atoms with Crippen LogP contribution in [0.3, 0.4) is 0 Å². The fourth-order valence-corrected chi connectivity index (χ4v) is 3.68. The highest BCUT2D eigenvalue weighted by Crippen LogP contribution is 2.22. The lowest BCUT2D eigenvalue weighted by Crippen LogP contribution is -2.43. The van der Waals surface area contributed by atoms with Crippen molar-refractivity contribution in [1.82, 2.24) is 10.2 Å². The number of amides is 1. The van der Waals surface area contributed by atoms with E-state index in [0.717, 1.165) is 4.47 Å². The molecule has 1 saturated heterocycles. The monoisotopic (exact) mass is 360 g/mol. The van der Waals surface area contributed by atoms with Crippen molar-refractivity contribution in [2.75, 3.05) is 19.6 Å². The Morgan fingerprint density at radius 2 is 2.15 bits per heavy atom. The van der Waals surface area contributed by atoms with Gasteiger partial charge in [-0.3, -0.25) is 9.59 Å². The van der Waals surface area contributed by atoms with Crippen molar-refractivity contribution in [3.63, 3.8) is 0 Å². The number of carboxylic acid groups (broad SMARTS) is 1. The van der Waals surface area contributed by atoms with Gasteiger partial charge in [0.05, 0.1) is 12.5 Å². The van der Waals surface area contributed by atoms with E-state index in [-0.39, 0.29) is 11.8 Å². The van der Waals surface area contributed by atoms with Crippen LogP contribution in [0.2, 0.25) is 0 Å². The van der Waals surface area contributed by atoms with Gasteiger partial charge in [0.1, 0.15) is 0 Å². The average molecular weight is 361 g/mol. The van der Waals surface area contributed by atoms with Gasteiger partial charge in [-0.1, -0.05) is 0 Å². The number of carboxylic acids is 1. The second kappa shape index (κ2) is 7.19. The lowest BCUT2D eigenvalue weighted by Gasteiger charge is -2.30. The zero-order chi connectivity index (χ0) is 14.5. The van der Waals surface area contributed by atoms with Gasteiger partial charge in [-0.15, -0.1) is 11.3 Å². The van der Waals surface area contributed by atoms with E-state index in [9.17, 15) is 9.59 Å². The molecule has 0 aliphatic carbocycles. The highest BCUT2D eigenvalue weighted by atomic mass is 79.9. The van der Waals surface area contributed by atoms with E-state index in [1.165, 1.54) is 4.88 Å². The SMILES string of the molecule is O=C(O)C1CCN(C(=O)CNCc2sccc2Br)CC1. The molecule has 0 aromatic carbocycles. The van der Waals surface area contributed by atoms with Gasteiger partial charge in [0.25, 0.3) is 0 Å². The Morgan fingerprint density at radius 1 is 1.45 bits per heavy atom. The Balaban J connectivity index is 1.71. The Bertz CT molecular complexity index is 484. The molecule has 2 N–H and O–H groups in total. The maximum absolute atomic E-state index is 12.0. The van der Waals surface area contributed by atoms with Gasteiger partial charge in [0.2, 0.25) is 5.91 Å². The molecule has 7 heteroatoms. The molecular weight excluding hydrogens is 344 g/mol. The summed E-state index contributed by atoms with van der Waals surface area (Å²) in [5.74, 6) is -1.01. The normalized spacial score (nSPS) is 16.4. The largest absolute Gasteiger partial charge is 0.481 e. The molecule has 0 saturated carbocycles. The van der Waals surface area contributed by atoms with Crippen LogP contribution in [0.15, 0.2) is 15.9 Å². The molecule has 1 aliphatic rings. The van der Waals surface area contributed by atoms with E-state index in [4.69, 9.17) is 5.11 Å². The molecule has 0 atom stereocenters. The van der Waals surface area contributed by atoms with Crippen molar-refractivity contribution in [3.05, 3.63) is 20.8 Å². The number of likely N-dealkylation sites (tertiary alicyclic amines) is 1. The minimum atomic E-state index is -0.752. The minimum Gasteiger partial charge on any atom is -0.481 e. The van der Waals surface area contributed by atoms with E-state index < -0.39 is 5.97 Å². The van der Waals surface area contributed by atoms with Crippen LogP contribution in [-0.2, 0) is 16.1 Å². The summed E-state index contributed by atoms with van der Waals surface area (Å²) in [5.41, 5.74) is 0. The number of halogens is 1. The molecule has 0 spiro atoms. The molecule has 1 aliphatic heterocycles. The van der Waals surface area contributed by atoms with E-state index in [2.05, 4.69) is 21.2 Å². The van der Waals surface area contributed by atoms with Crippen molar-refractivity contribution < 1.29 is 14.7 Å². The standard InChI is InChI=1S/C13H17BrN2O3S/c14-10-3-6-20-11(10)7-15-8-12(17)16-4-1-9(2-5-16)13(18)19/h3,6,9,15H,1-2,4-5,7-8H2,(H,18,19). The number of nitrogens with one attached hydrogen (secondary N) is 1. The number of thiophene rings is 1. The Hall–Kier alpha value is -0.920. The van der Waals surface area contributed by atoms with Crippen molar-refractivity contribution >= 4 is 39.1 Å². The number of nitrogens with zero attached hydrogens (tertiary/aromatic N) is 1. The summed E-state index contributed by atoms with van der Waals surface area (Å²) >= 11 is 5.09. The van der Waals surface area contributed by atoms with E-state index >= 15 is 0 Å². The molecule has 0 bridgehead atoms. The molecule has 0 radical (unpaired) electrons. The smallest absolute Gasteiger partial charge is 0.306 e. The molecule has 110 valence electrons. The summed E-state index contributed by atoms with van der Waals surface area (Å²) in [4.78, 5) is 25.8. The number of hydrogen-bond acceptors (Lipinski definition) is 4. The molecule has 1 amide bonds.